The molecule has 1 aromatic carbocycles. The van der Waals surface area contributed by atoms with Gasteiger partial charge in [-0.15, -0.1) is 0 Å². The summed E-state index contributed by atoms with van der Waals surface area (Å²) < 4.78 is 0. The average molecular weight is 290 g/mol. The van der Waals surface area contributed by atoms with Crippen LogP contribution < -0.4 is 0 Å². The van der Waals surface area contributed by atoms with E-state index in [9.17, 15) is 5.11 Å². The SMILES string of the molecule is CCCCCCCCCCCC(O)c1ccc(C)c(C)c1. The summed E-state index contributed by atoms with van der Waals surface area (Å²) in [5.41, 5.74) is 3.66. The molecule has 0 aliphatic carbocycles. The van der Waals surface area contributed by atoms with Crippen LogP contribution in [0.1, 0.15) is 93.9 Å². The number of aliphatic hydroxyl groups excluding tert-OH is 1. The van der Waals surface area contributed by atoms with Gasteiger partial charge in [-0.3, -0.25) is 0 Å². The standard InChI is InChI=1S/C20H34O/c1-4-5-6-7-8-9-10-11-12-13-20(21)19-15-14-17(2)18(3)16-19/h14-16,20-21H,4-13H2,1-3H3. The highest BCUT2D eigenvalue weighted by Crippen LogP contribution is 2.22. The molecule has 1 heteroatoms. The van der Waals surface area contributed by atoms with Crippen LogP contribution in [0.3, 0.4) is 0 Å². The first-order chi connectivity index (χ1) is 10.1. The predicted octanol–water partition coefficient (Wildman–Crippen LogP) is 6.26. The van der Waals surface area contributed by atoms with E-state index in [2.05, 4.69) is 39.0 Å². The molecular formula is C20H34O. The zero-order chi connectivity index (χ0) is 15.5. The Morgan fingerprint density at radius 3 is 1.95 bits per heavy atom. The van der Waals surface area contributed by atoms with Gasteiger partial charge in [0.15, 0.2) is 0 Å². The van der Waals surface area contributed by atoms with Crippen LogP contribution in [-0.2, 0) is 0 Å². The molecule has 0 radical (unpaired) electrons. The summed E-state index contributed by atoms with van der Waals surface area (Å²) in [5.74, 6) is 0. The van der Waals surface area contributed by atoms with Crippen molar-refractivity contribution >= 4 is 0 Å². The molecular weight excluding hydrogens is 256 g/mol. The van der Waals surface area contributed by atoms with Crippen LogP contribution in [0.4, 0.5) is 0 Å². The molecule has 1 N–H and O–H groups in total. The van der Waals surface area contributed by atoms with Crippen LogP contribution in [0, 0.1) is 13.8 Å². The van der Waals surface area contributed by atoms with Gasteiger partial charge in [-0.1, -0.05) is 82.9 Å². The van der Waals surface area contributed by atoms with Gasteiger partial charge in [-0.05, 0) is 37.0 Å². The maximum Gasteiger partial charge on any atom is 0.0790 e. The maximum absolute atomic E-state index is 10.2. The summed E-state index contributed by atoms with van der Waals surface area (Å²) in [6, 6.07) is 6.32. The molecule has 120 valence electrons. The lowest BCUT2D eigenvalue weighted by Gasteiger charge is -2.12. The second-order valence-electron chi connectivity index (χ2n) is 6.48. The minimum Gasteiger partial charge on any atom is -0.388 e. The highest BCUT2D eigenvalue weighted by atomic mass is 16.3. The van der Waals surface area contributed by atoms with E-state index >= 15 is 0 Å². The van der Waals surface area contributed by atoms with Gasteiger partial charge in [0.1, 0.15) is 0 Å². The zero-order valence-electron chi connectivity index (χ0n) is 14.3. The fourth-order valence-electron chi connectivity index (χ4n) is 2.79. The first-order valence-corrected chi connectivity index (χ1v) is 8.90. The molecule has 1 atom stereocenters. The quantitative estimate of drug-likeness (QED) is 0.477. The molecule has 0 spiro atoms. The Kier molecular flexibility index (Phi) is 9.41. The van der Waals surface area contributed by atoms with Gasteiger partial charge in [-0.25, -0.2) is 0 Å². The van der Waals surface area contributed by atoms with E-state index in [1.54, 1.807) is 0 Å². The number of rotatable bonds is 11. The van der Waals surface area contributed by atoms with Crippen molar-refractivity contribution in [2.24, 2.45) is 0 Å². The highest BCUT2D eigenvalue weighted by molar-refractivity contribution is 5.31. The molecule has 0 amide bonds. The molecule has 1 rings (SSSR count). The molecule has 1 unspecified atom stereocenters. The van der Waals surface area contributed by atoms with Crippen molar-refractivity contribution in [2.45, 2.75) is 91.1 Å². The van der Waals surface area contributed by atoms with Gasteiger partial charge in [0.25, 0.3) is 0 Å². The Bertz CT molecular complexity index is 383. The molecule has 21 heavy (non-hydrogen) atoms. The Labute approximate surface area is 131 Å². The van der Waals surface area contributed by atoms with E-state index in [1.165, 1.54) is 62.5 Å². The number of hydrogen-bond acceptors (Lipinski definition) is 1. The lowest BCUT2D eigenvalue weighted by Crippen LogP contribution is -1.98. The molecule has 1 nitrogen and oxygen atoms in total. The van der Waals surface area contributed by atoms with E-state index in [4.69, 9.17) is 0 Å². The van der Waals surface area contributed by atoms with Crippen molar-refractivity contribution in [3.8, 4) is 0 Å². The van der Waals surface area contributed by atoms with Crippen molar-refractivity contribution in [3.05, 3.63) is 34.9 Å². The van der Waals surface area contributed by atoms with Crippen LogP contribution >= 0.6 is 0 Å². The summed E-state index contributed by atoms with van der Waals surface area (Å²) in [6.07, 6.45) is 12.6. The minimum absolute atomic E-state index is 0.283. The van der Waals surface area contributed by atoms with E-state index in [1.807, 2.05) is 0 Å². The molecule has 0 saturated heterocycles. The lowest BCUT2D eigenvalue weighted by molar-refractivity contribution is 0.163. The Balaban J connectivity index is 2.08. The van der Waals surface area contributed by atoms with Gasteiger partial charge >= 0.3 is 0 Å². The first kappa shape index (κ1) is 18.2. The summed E-state index contributed by atoms with van der Waals surface area (Å²) in [5, 5.41) is 10.2. The number of aliphatic hydroxyl groups is 1. The van der Waals surface area contributed by atoms with Crippen molar-refractivity contribution in [2.75, 3.05) is 0 Å². The van der Waals surface area contributed by atoms with E-state index in [0.717, 1.165) is 18.4 Å². The van der Waals surface area contributed by atoms with E-state index < -0.39 is 0 Å². The molecule has 0 saturated carbocycles. The van der Waals surface area contributed by atoms with E-state index in [0.29, 0.717) is 0 Å². The third-order valence-corrected chi connectivity index (χ3v) is 4.50. The Hall–Kier alpha value is -0.820. The van der Waals surface area contributed by atoms with Gasteiger partial charge in [0.2, 0.25) is 0 Å². The van der Waals surface area contributed by atoms with Gasteiger partial charge in [0.05, 0.1) is 6.10 Å². The number of unbranched alkanes of at least 4 members (excludes halogenated alkanes) is 8. The number of benzene rings is 1. The van der Waals surface area contributed by atoms with Crippen molar-refractivity contribution in [3.63, 3.8) is 0 Å². The zero-order valence-corrected chi connectivity index (χ0v) is 14.3. The molecule has 0 bridgehead atoms. The summed E-state index contributed by atoms with van der Waals surface area (Å²) in [6.45, 7) is 6.50. The molecule has 0 fully saturated rings. The molecule has 0 aliphatic rings. The van der Waals surface area contributed by atoms with Crippen LogP contribution in [0.25, 0.3) is 0 Å². The largest absolute Gasteiger partial charge is 0.388 e. The third kappa shape index (κ3) is 7.66. The van der Waals surface area contributed by atoms with Crippen LogP contribution in [0.2, 0.25) is 0 Å². The number of hydrogen-bond donors (Lipinski definition) is 1. The monoisotopic (exact) mass is 290 g/mol. The predicted molar refractivity (Wildman–Crippen MR) is 92.7 cm³/mol. The molecule has 1 aromatic rings. The van der Waals surface area contributed by atoms with Crippen molar-refractivity contribution in [1.29, 1.82) is 0 Å². The van der Waals surface area contributed by atoms with Gasteiger partial charge in [-0.2, -0.15) is 0 Å². The van der Waals surface area contributed by atoms with Gasteiger partial charge < -0.3 is 5.11 Å². The fourth-order valence-corrected chi connectivity index (χ4v) is 2.79. The van der Waals surface area contributed by atoms with E-state index in [-0.39, 0.29) is 6.10 Å². The van der Waals surface area contributed by atoms with Crippen molar-refractivity contribution < 1.29 is 5.11 Å². The lowest BCUT2D eigenvalue weighted by atomic mass is 9.98. The molecule has 0 aliphatic heterocycles. The fraction of sp³-hybridized carbons (Fsp3) is 0.700. The average Bonchev–Trinajstić information content (AvgIpc) is 2.48. The third-order valence-electron chi connectivity index (χ3n) is 4.50. The normalized spacial score (nSPS) is 12.6. The Morgan fingerprint density at radius 2 is 1.38 bits per heavy atom. The summed E-state index contributed by atoms with van der Waals surface area (Å²) >= 11 is 0. The second-order valence-corrected chi connectivity index (χ2v) is 6.48. The smallest absolute Gasteiger partial charge is 0.0790 e. The van der Waals surface area contributed by atoms with Gasteiger partial charge in [0, 0.05) is 0 Å². The Morgan fingerprint density at radius 1 is 0.810 bits per heavy atom. The summed E-state index contributed by atoms with van der Waals surface area (Å²) in [7, 11) is 0. The maximum atomic E-state index is 10.2. The van der Waals surface area contributed by atoms with Crippen LogP contribution in [-0.4, -0.2) is 5.11 Å². The number of aryl methyl sites for hydroxylation is 2. The first-order valence-electron chi connectivity index (χ1n) is 8.90. The second kappa shape index (κ2) is 10.8. The highest BCUT2D eigenvalue weighted by Gasteiger charge is 2.07. The van der Waals surface area contributed by atoms with Crippen LogP contribution in [0.5, 0.6) is 0 Å². The van der Waals surface area contributed by atoms with Crippen molar-refractivity contribution in [1.82, 2.24) is 0 Å². The van der Waals surface area contributed by atoms with Crippen LogP contribution in [0.15, 0.2) is 18.2 Å². The topological polar surface area (TPSA) is 20.2 Å². The molecule has 0 aromatic heterocycles. The minimum atomic E-state index is -0.283. The summed E-state index contributed by atoms with van der Waals surface area (Å²) in [4.78, 5) is 0. The molecule has 0 heterocycles.